The smallest absolute Gasteiger partial charge is 0.271 e. The molecule has 2 aromatic carbocycles. The number of benzene rings is 2. The zero-order valence-electron chi connectivity index (χ0n) is 14.6. The quantitative estimate of drug-likeness (QED) is 0.732. The minimum Gasteiger partial charge on any atom is -0.347 e. The Labute approximate surface area is 151 Å². The molecule has 0 spiro atoms. The van der Waals surface area contributed by atoms with Crippen molar-refractivity contribution in [3.05, 3.63) is 83.1 Å². The van der Waals surface area contributed by atoms with Crippen LogP contribution in [0, 0.1) is 19.7 Å². The van der Waals surface area contributed by atoms with E-state index in [0.717, 1.165) is 16.8 Å². The van der Waals surface area contributed by atoms with Gasteiger partial charge in [-0.25, -0.2) is 14.4 Å². The number of anilines is 2. The fraction of sp³-hybridized carbons (Fsp3) is 0.150. The lowest BCUT2D eigenvalue weighted by molar-refractivity contribution is 0.0945. The van der Waals surface area contributed by atoms with Crippen molar-refractivity contribution in [3.63, 3.8) is 0 Å². The Morgan fingerprint density at radius 1 is 1.04 bits per heavy atom. The van der Waals surface area contributed by atoms with Crippen LogP contribution in [0.5, 0.6) is 0 Å². The molecule has 0 saturated heterocycles. The summed E-state index contributed by atoms with van der Waals surface area (Å²) in [6.45, 7) is 4.37. The number of aromatic nitrogens is 2. The number of carbonyl (C=O) groups is 1. The summed E-state index contributed by atoms with van der Waals surface area (Å²) in [7, 11) is 0. The van der Waals surface area contributed by atoms with Crippen LogP contribution >= 0.6 is 0 Å². The van der Waals surface area contributed by atoms with Crippen molar-refractivity contribution < 1.29 is 9.18 Å². The standard InChI is InChI=1S/C20H19FN4O/c1-13-4-3-5-17(14(13)2)25-19-12-22-18(11-23-19)20(26)24-10-15-6-8-16(21)9-7-15/h3-9,11-12H,10H2,1-2H3,(H,23,25)(H,24,26). The third-order valence-corrected chi connectivity index (χ3v) is 4.12. The number of aryl methyl sites for hydroxylation is 1. The molecule has 132 valence electrons. The lowest BCUT2D eigenvalue weighted by Gasteiger charge is -2.11. The number of rotatable bonds is 5. The highest BCUT2D eigenvalue weighted by molar-refractivity contribution is 5.92. The molecule has 1 heterocycles. The molecular formula is C20H19FN4O. The highest BCUT2D eigenvalue weighted by Gasteiger charge is 2.09. The van der Waals surface area contributed by atoms with Crippen LogP contribution in [0.15, 0.2) is 54.9 Å². The van der Waals surface area contributed by atoms with Gasteiger partial charge in [0.05, 0.1) is 12.4 Å². The van der Waals surface area contributed by atoms with Gasteiger partial charge >= 0.3 is 0 Å². The lowest BCUT2D eigenvalue weighted by atomic mass is 10.1. The first-order valence-electron chi connectivity index (χ1n) is 8.21. The van der Waals surface area contributed by atoms with E-state index in [1.807, 2.05) is 32.0 Å². The SMILES string of the molecule is Cc1cccc(Nc2cnc(C(=O)NCc3ccc(F)cc3)cn2)c1C. The van der Waals surface area contributed by atoms with Crippen molar-refractivity contribution in [2.24, 2.45) is 0 Å². The van der Waals surface area contributed by atoms with Gasteiger partial charge < -0.3 is 10.6 Å². The van der Waals surface area contributed by atoms with Crippen LogP contribution in [-0.4, -0.2) is 15.9 Å². The molecule has 3 aromatic rings. The van der Waals surface area contributed by atoms with Crippen molar-refractivity contribution in [2.75, 3.05) is 5.32 Å². The van der Waals surface area contributed by atoms with E-state index in [4.69, 9.17) is 0 Å². The molecule has 0 radical (unpaired) electrons. The maximum Gasteiger partial charge on any atom is 0.271 e. The van der Waals surface area contributed by atoms with E-state index >= 15 is 0 Å². The molecule has 0 aliphatic carbocycles. The highest BCUT2D eigenvalue weighted by Crippen LogP contribution is 2.21. The highest BCUT2D eigenvalue weighted by atomic mass is 19.1. The van der Waals surface area contributed by atoms with Crippen LogP contribution in [-0.2, 0) is 6.54 Å². The van der Waals surface area contributed by atoms with E-state index in [-0.39, 0.29) is 17.4 Å². The minimum atomic E-state index is -0.333. The Balaban J connectivity index is 1.62. The zero-order chi connectivity index (χ0) is 18.5. The first-order chi connectivity index (χ1) is 12.5. The van der Waals surface area contributed by atoms with Crippen LogP contribution < -0.4 is 10.6 Å². The molecule has 1 amide bonds. The summed E-state index contributed by atoms with van der Waals surface area (Å²) < 4.78 is 12.9. The van der Waals surface area contributed by atoms with Gasteiger partial charge in [-0.3, -0.25) is 4.79 Å². The topological polar surface area (TPSA) is 66.9 Å². The molecule has 0 bridgehead atoms. The molecule has 2 N–H and O–H groups in total. The number of nitrogens with zero attached hydrogens (tertiary/aromatic N) is 2. The first-order valence-corrected chi connectivity index (χ1v) is 8.21. The molecular weight excluding hydrogens is 331 g/mol. The molecule has 0 aliphatic rings. The monoisotopic (exact) mass is 350 g/mol. The fourth-order valence-corrected chi connectivity index (χ4v) is 2.41. The molecule has 6 heteroatoms. The summed E-state index contributed by atoms with van der Waals surface area (Å²) in [5, 5.41) is 5.94. The summed E-state index contributed by atoms with van der Waals surface area (Å²) in [6, 6.07) is 11.9. The second kappa shape index (κ2) is 7.74. The van der Waals surface area contributed by atoms with Gasteiger partial charge in [0.2, 0.25) is 0 Å². The number of amides is 1. The van der Waals surface area contributed by atoms with Gasteiger partial charge in [0.25, 0.3) is 5.91 Å². The molecule has 0 fully saturated rings. The normalized spacial score (nSPS) is 10.4. The fourth-order valence-electron chi connectivity index (χ4n) is 2.41. The van der Waals surface area contributed by atoms with Crippen molar-refractivity contribution in [1.82, 2.24) is 15.3 Å². The molecule has 0 aliphatic heterocycles. The average molecular weight is 350 g/mol. The maximum absolute atomic E-state index is 12.9. The first kappa shape index (κ1) is 17.5. The zero-order valence-corrected chi connectivity index (χ0v) is 14.6. The third kappa shape index (κ3) is 4.22. The predicted molar refractivity (Wildman–Crippen MR) is 98.8 cm³/mol. The van der Waals surface area contributed by atoms with E-state index in [2.05, 4.69) is 20.6 Å². The molecule has 3 rings (SSSR count). The number of nitrogens with one attached hydrogen (secondary N) is 2. The van der Waals surface area contributed by atoms with E-state index in [0.29, 0.717) is 12.4 Å². The molecule has 26 heavy (non-hydrogen) atoms. The van der Waals surface area contributed by atoms with Gasteiger partial charge in [-0.2, -0.15) is 0 Å². The maximum atomic E-state index is 12.9. The predicted octanol–water partition coefficient (Wildman–Crippen LogP) is 3.91. The Morgan fingerprint density at radius 3 is 2.50 bits per heavy atom. The van der Waals surface area contributed by atoms with Crippen LogP contribution in [0.4, 0.5) is 15.9 Å². The number of carbonyl (C=O) groups excluding carboxylic acids is 1. The second-order valence-corrected chi connectivity index (χ2v) is 5.97. The van der Waals surface area contributed by atoms with Gasteiger partial charge in [-0.05, 0) is 48.7 Å². The lowest BCUT2D eigenvalue weighted by Crippen LogP contribution is -2.24. The van der Waals surface area contributed by atoms with Gasteiger partial charge in [-0.15, -0.1) is 0 Å². The Hall–Kier alpha value is -3.28. The average Bonchev–Trinajstić information content (AvgIpc) is 2.65. The van der Waals surface area contributed by atoms with Gasteiger partial charge in [-0.1, -0.05) is 24.3 Å². The van der Waals surface area contributed by atoms with Crippen molar-refractivity contribution >= 4 is 17.4 Å². The van der Waals surface area contributed by atoms with Crippen LogP contribution in [0.1, 0.15) is 27.2 Å². The largest absolute Gasteiger partial charge is 0.347 e. The summed E-state index contributed by atoms with van der Waals surface area (Å²) in [6.07, 6.45) is 2.95. The summed E-state index contributed by atoms with van der Waals surface area (Å²) in [5.41, 5.74) is 4.29. The Kier molecular flexibility index (Phi) is 5.22. The van der Waals surface area contributed by atoms with E-state index in [9.17, 15) is 9.18 Å². The van der Waals surface area contributed by atoms with Gasteiger partial charge in [0.15, 0.2) is 0 Å². The van der Waals surface area contributed by atoms with Gasteiger partial charge in [0.1, 0.15) is 17.3 Å². The summed E-state index contributed by atoms with van der Waals surface area (Å²) >= 11 is 0. The Bertz CT molecular complexity index is 908. The van der Waals surface area contributed by atoms with E-state index in [1.54, 1.807) is 12.1 Å². The third-order valence-electron chi connectivity index (χ3n) is 4.12. The van der Waals surface area contributed by atoms with Crippen LogP contribution in [0.25, 0.3) is 0 Å². The van der Waals surface area contributed by atoms with Crippen LogP contribution in [0.2, 0.25) is 0 Å². The number of hydrogen-bond acceptors (Lipinski definition) is 4. The summed E-state index contributed by atoms with van der Waals surface area (Å²) in [4.78, 5) is 20.5. The molecule has 0 unspecified atom stereocenters. The van der Waals surface area contributed by atoms with E-state index < -0.39 is 0 Å². The number of hydrogen-bond donors (Lipinski definition) is 2. The molecule has 1 aromatic heterocycles. The number of halogens is 1. The molecule has 0 atom stereocenters. The van der Waals surface area contributed by atoms with Crippen molar-refractivity contribution in [1.29, 1.82) is 0 Å². The summed E-state index contributed by atoms with van der Waals surface area (Å²) in [5.74, 6) is -0.0771. The minimum absolute atomic E-state index is 0.221. The van der Waals surface area contributed by atoms with Crippen LogP contribution in [0.3, 0.4) is 0 Å². The second-order valence-electron chi connectivity index (χ2n) is 5.97. The molecule has 0 saturated carbocycles. The van der Waals surface area contributed by atoms with Gasteiger partial charge in [0, 0.05) is 12.2 Å². The Morgan fingerprint density at radius 2 is 1.81 bits per heavy atom. The van der Waals surface area contributed by atoms with Crippen molar-refractivity contribution in [3.8, 4) is 0 Å². The van der Waals surface area contributed by atoms with Crippen molar-refractivity contribution in [2.45, 2.75) is 20.4 Å². The molecule has 5 nitrogen and oxygen atoms in total. The van der Waals surface area contributed by atoms with E-state index in [1.165, 1.54) is 30.1 Å².